The number of ether oxygens (including phenoxy) is 1. The molecule has 2 heterocycles. The normalized spacial score (nSPS) is 23.6. The zero-order chi connectivity index (χ0) is 16.8. The predicted octanol–water partition coefficient (Wildman–Crippen LogP) is 2.25. The van der Waals surface area contributed by atoms with Gasteiger partial charge in [-0.1, -0.05) is 29.8 Å². The summed E-state index contributed by atoms with van der Waals surface area (Å²) in [5, 5.41) is 6.64. The Kier molecular flexibility index (Phi) is 6.19. The lowest BCUT2D eigenvalue weighted by Gasteiger charge is -2.38. The zero-order valence-corrected chi connectivity index (χ0v) is 15.3. The van der Waals surface area contributed by atoms with Crippen molar-refractivity contribution in [1.82, 2.24) is 10.6 Å². The fourth-order valence-electron chi connectivity index (χ4n) is 3.55. The maximum absolute atomic E-state index is 12.4. The van der Waals surface area contributed by atoms with Crippen molar-refractivity contribution in [2.45, 2.75) is 37.6 Å². The molecule has 0 spiro atoms. The minimum Gasteiger partial charge on any atom is -0.381 e. The van der Waals surface area contributed by atoms with Gasteiger partial charge in [0, 0.05) is 55.7 Å². The third kappa shape index (κ3) is 4.52. The van der Waals surface area contributed by atoms with Crippen molar-refractivity contribution in [2.75, 3.05) is 37.8 Å². The van der Waals surface area contributed by atoms with E-state index in [4.69, 9.17) is 4.74 Å². The number of amides is 1. The number of nitrogens with one attached hydrogen (secondary N) is 2. The van der Waals surface area contributed by atoms with E-state index in [-0.39, 0.29) is 11.3 Å². The van der Waals surface area contributed by atoms with E-state index in [0.717, 1.165) is 44.1 Å². The lowest BCUT2D eigenvalue weighted by molar-refractivity contribution is -0.122. The Labute approximate surface area is 149 Å². The van der Waals surface area contributed by atoms with E-state index < -0.39 is 0 Å². The molecule has 0 aromatic heterocycles. The van der Waals surface area contributed by atoms with E-state index in [1.807, 2.05) is 11.8 Å². The third-order valence-electron chi connectivity index (χ3n) is 5.17. The molecule has 24 heavy (non-hydrogen) atoms. The van der Waals surface area contributed by atoms with Gasteiger partial charge in [-0.05, 0) is 25.3 Å². The highest BCUT2D eigenvalue weighted by atomic mass is 32.2. The summed E-state index contributed by atoms with van der Waals surface area (Å²) in [5.41, 5.74) is 2.60. The van der Waals surface area contributed by atoms with Crippen LogP contribution in [-0.4, -0.2) is 49.8 Å². The molecule has 1 aromatic rings. The maximum Gasteiger partial charge on any atom is 0.221 e. The molecule has 1 aromatic carbocycles. The van der Waals surface area contributed by atoms with E-state index in [2.05, 4.69) is 41.8 Å². The van der Waals surface area contributed by atoms with Crippen LogP contribution in [-0.2, 0) is 14.9 Å². The molecule has 0 aliphatic carbocycles. The first-order chi connectivity index (χ1) is 11.7. The zero-order valence-electron chi connectivity index (χ0n) is 14.5. The van der Waals surface area contributed by atoms with Crippen LogP contribution in [0.4, 0.5) is 0 Å². The molecule has 0 bridgehead atoms. The highest BCUT2D eigenvalue weighted by Gasteiger charge is 2.35. The molecule has 2 aliphatic heterocycles. The van der Waals surface area contributed by atoms with Crippen LogP contribution in [0.5, 0.6) is 0 Å². The van der Waals surface area contributed by atoms with Crippen molar-refractivity contribution >= 4 is 17.7 Å². The topological polar surface area (TPSA) is 50.4 Å². The van der Waals surface area contributed by atoms with Crippen LogP contribution >= 0.6 is 11.8 Å². The molecule has 2 fully saturated rings. The van der Waals surface area contributed by atoms with Gasteiger partial charge in [0.15, 0.2) is 0 Å². The van der Waals surface area contributed by atoms with Gasteiger partial charge in [-0.3, -0.25) is 4.79 Å². The van der Waals surface area contributed by atoms with Gasteiger partial charge in [-0.15, -0.1) is 0 Å². The SMILES string of the molecule is Cc1ccc(C2(CNC(=O)C[C@H]3CSCCN3)CCOCC2)cc1. The first-order valence-electron chi connectivity index (χ1n) is 8.91. The second kappa shape index (κ2) is 8.37. The Hall–Kier alpha value is -1.04. The van der Waals surface area contributed by atoms with Crippen LogP contribution in [0.25, 0.3) is 0 Å². The summed E-state index contributed by atoms with van der Waals surface area (Å²) < 4.78 is 5.57. The second-order valence-corrected chi connectivity index (χ2v) is 8.12. The third-order valence-corrected chi connectivity index (χ3v) is 6.30. The fourth-order valence-corrected chi connectivity index (χ4v) is 4.50. The van der Waals surface area contributed by atoms with Crippen molar-refractivity contribution in [1.29, 1.82) is 0 Å². The summed E-state index contributed by atoms with van der Waals surface area (Å²) in [6, 6.07) is 9.07. The molecule has 1 atom stereocenters. The molecular weight excluding hydrogens is 320 g/mol. The maximum atomic E-state index is 12.4. The van der Waals surface area contributed by atoms with Gasteiger partial charge in [0.1, 0.15) is 0 Å². The van der Waals surface area contributed by atoms with Crippen molar-refractivity contribution in [2.24, 2.45) is 0 Å². The van der Waals surface area contributed by atoms with Gasteiger partial charge < -0.3 is 15.4 Å². The van der Waals surface area contributed by atoms with Crippen molar-refractivity contribution in [3.05, 3.63) is 35.4 Å². The number of thioether (sulfide) groups is 1. The molecule has 2 saturated heterocycles. The van der Waals surface area contributed by atoms with Crippen LogP contribution in [0.3, 0.4) is 0 Å². The summed E-state index contributed by atoms with van der Waals surface area (Å²) in [4.78, 5) is 12.4. The largest absolute Gasteiger partial charge is 0.381 e. The number of rotatable bonds is 5. The fraction of sp³-hybridized carbons (Fsp3) is 0.632. The van der Waals surface area contributed by atoms with Crippen LogP contribution in [0, 0.1) is 6.92 Å². The van der Waals surface area contributed by atoms with Crippen molar-refractivity contribution in [3.8, 4) is 0 Å². The quantitative estimate of drug-likeness (QED) is 0.857. The minimum absolute atomic E-state index is 0.0103. The van der Waals surface area contributed by atoms with E-state index in [1.165, 1.54) is 11.1 Å². The molecule has 0 saturated carbocycles. The Morgan fingerprint density at radius 2 is 2.08 bits per heavy atom. The summed E-state index contributed by atoms with van der Waals surface area (Å²) in [6.07, 6.45) is 2.51. The number of hydrogen-bond acceptors (Lipinski definition) is 4. The van der Waals surface area contributed by atoms with Gasteiger partial charge in [0.05, 0.1) is 0 Å². The van der Waals surface area contributed by atoms with Crippen LogP contribution in [0.15, 0.2) is 24.3 Å². The highest BCUT2D eigenvalue weighted by molar-refractivity contribution is 7.99. The smallest absolute Gasteiger partial charge is 0.221 e. The molecule has 2 aliphatic rings. The highest BCUT2D eigenvalue weighted by Crippen LogP contribution is 2.34. The molecule has 0 radical (unpaired) electrons. The molecule has 5 heteroatoms. The molecular formula is C19H28N2O2S. The molecule has 132 valence electrons. The Morgan fingerprint density at radius 3 is 2.75 bits per heavy atom. The van der Waals surface area contributed by atoms with Gasteiger partial charge in [-0.2, -0.15) is 11.8 Å². The van der Waals surface area contributed by atoms with Gasteiger partial charge in [0.25, 0.3) is 0 Å². The van der Waals surface area contributed by atoms with Gasteiger partial charge in [-0.25, -0.2) is 0 Å². The van der Waals surface area contributed by atoms with Crippen molar-refractivity contribution < 1.29 is 9.53 Å². The van der Waals surface area contributed by atoms with E-state index in [1.54, 1.807) is 0 Å². The van der Waals surface area contributed by atoms with Crippen LogP contribution in [0.1, 0.15) is 30.4 Å². The number of benzene rings is 1. The lowest BCUT2D eigenvalue weighted by Crippen LogP contribution is -2.47. The van der Waals surface area contributed by atoms with E-state index in [9.17, 15) is 4.79 Å². The van der Waals surface area contributed by atoms with E-state index in [0.29, 0.717) is 19.0 Å². The molecule has 2 N–H and O–H groups in total. The standard InChI is InChI=1S/C19H28N2O2S/c1-15-2-4-16(5-3-15)19(6-9-23-10-7-19)14-21-18(22)12-17-13-24-11-8-20-17/h2-5,17,20H,6-14H2,1H3,(H,21,22)/t17-/m0/s1. The van der Waals surface area contributed by atoms with E-state index >= 15 is 0 Å². The minimum atomic E-state index is 0.0103. The first-order valence-corrected chi connectivity index (χ1v) is 10.1. The van der Waals surface area contributed by atoms with Crippen molar-refractivity contribution in [3.63, 3.8) is 0 Å². The number of hydrogen-bond donors (Lipinski definition) is 2. The van der Waals surface area contributed by atoms with Gasteiger partial charge in [0.2, 0.25) is 5.91 Å². The Balaban J connectivity index is 1.61. The van der Waals surface area contributed by atoms with Crippen LogP contribution < -0.4 is 10.6 Å². The summed E-state index contributed by atoms with van der Waals surface area (Å²) in [7, 11) is 0. The molecule has 3 rings (SSSR count). The lowest BCUT2D eigenvalue weighted by atomic mass is 9.74. The average Bonchev–Trinajstić information content (AvgIpc) is 2.62. The summed E-state index contributed by atoms with van der Waals surface area (Å²) in [6.45, 7) is 5.36. The summed E-state index contributed by atoms with van der Waals surface area (Å²) >= 11 is 1.93. The number of aryl methyl sites for hydroxylation is 1. The molecule has 0 unspecified atom stereocenters. The Bertz CT molecular complexity index is 535. The number of carbonyl (C=O) groups excluding carboxylic acids is 1. The second-order valence-electron chi connectivity index (χ2n) is 6.97. The van der Waals surface area contributed by atoms with Gasteiger partial charge >= 0.3 is 0 Å². The molecule has 4 nitrogen and oxygen atoms in total. The summed E-state index contributed by atoms with van der Waals surface area (Å²) in [5.74, 6) is 2.34. The Morgan fingerprint density at radius 1 is 1.33 bits per heavy atom. The first kappa shape index (κ1) is 17.8. The van der Waals surface area contributed by atoms with Crippen LogP contribution in [0.2, 0.25) is 0 Å². The average molecular weight is 349 g/mol. The number of carbonyl (C=O) groups is 1. The predicted molar refractivity (Wildman–Crippen MR) is 99.7 cm³/mol. The molecule has 1 amide bonds. The monoisotopic (exact) mass is 348 g/mol.